The predicted molar refractivity (Wildman–Crippen MR) is 102 cm³/mol. The summed E-state index contributed by atoms with van der Waals surface area (Å²) in [5.74, 6) is 0.265. The Morgan fingerprint density at radius 1 is 1.12 bits per heavy atom. The molecule has 2 aromatic carbocycles. The van der Waals surface area contributed by atoms with E-state index in [0.717, 1.165) is 22.5 Å². The Balaban J connectivity index is 1.79. The first kappa shape index (κ1) is 17.8. The van der Waals surface area contributed by atoms with Crippen molar-refractivity contribution in [2.75, 3.05) is 30.4 Å². The summed E-state index contributed by atoms with van der Waals surface area (Å²) >= 11 is 0. The molecular formula is C20H23N3O3. The lowest BCUT2D eigenvalue weighted by atomic mass is 10.1. The molecule has 3 rings (SSSR count). The van der Waals surface area contributed by atoms with Crippen molar-refractivity contribution < 1.29 is 14.3 Å². The number of ether oxygens (including phenoxy) is 1. The van der Waals surface area contributed by atoms with Gasteiger partial charge in [0.15, 0.2) is 6.10 Å². The molecule has 0 aliphatic carbocycles. The minimum Gasteiger partial charge on any atom is -0.477 e. The first-order valence-corrected chi connectivity index (χ1v) is 8.58. The van der Waals surface area contributed by atoms with E-state index in [4.69, 9.17) is 4.74 Å². The molecule has 0 radical (unpaired) electrons. The number of nitrogens with one attached hydrogen (secondary N) is 2. The summed E-state index contributed by atoms with van der Waals surface area (Å²) in [6.45, 7) is 4.39. The highest BCUT2D eigenvalue weighted by molar-refractivity contribution is 5.96. The maximum absolute atomic E-state index is 12.6. The average molecular weight is 353 g/mol. The molecule has 2 N–H and O–H groups in total. The van der Waals surface area contributed by atoms with E-state index in [9.17, 15) is 9.59 Å². The number of carbonyl (C=O) groups is 2. The predicted octanol–water partition coefficient (Wildman–Crippen LogP) is 2.26. The Morgan fingerprint density at radius 2 is 1.81 bits per heavy atom. The Labute approximate surface area is 153 Å². The molecule has 0 spiro atoms. The Hall–Kier alpha value is -3.02. The van der Waals surface area contributed by atoms with Gasteiger partial charge >= 0.3 is 0 Å². The normalized spacial score (nSPS) is 15.7. The van der Waals surface area contributed by atoms with Crippen molar-refractivity contribution in [1.82, 2.24) is 5.32 Å². The van der Waals surface area contributed by atoms with Gasteiger partial charge in [-0.1, -0.05) is 30.3 Å². The van der Waals surface area contributed by atoms with Crippen LogP contribution in [-0.4, -0.2) is 38.1 Å². The van der Waals surface area contributed by atoms with Gasteiger partial charge in [-0.05, 0) is 37.1 Å². The van der Waals surface area contributed by atoms with Crippen molar-refractivity contribution in [3.63, 3.8) is 0 Å². The van der Waals surface area contributed by atoms with Crippen LogP contribution in [0.5, 0.6) is 5.75 Å². The first-order chi connectivity index (χ1) is 12.5. The van der Waals surface area contributed by atoms with Crippen LogP contribution in [0.4, 0.5) is 11.4 Å². The topological polar surface area (TPSA) is 70.7 Å². The van der Waals surface area contributed by atoms with Crippen LogP contribution in [0.15, 0.2) is 42.5 Å². The smallest absolute Gasteiger partial charge is 0.262 e. The number of hydrogen-bond donors (Lipinski definition) is 2. The molecule has 6 nitrogen and oxygen atoms in total. The summed E-state index contributed by atoms with van der Waals surface area (Å²) in [6.07, 6.45) is -0.650. The van der Waals surface area contributed by atoms with Crippen molar-refractivity contribution in [2.45, 2.75) is 20.0 Å². The lowest BCUT2D eigenvalue weighted by molar-refractivity contribution is -0.127. The quantitative estimate of drug-likeness (QED) is 0.885. The van der Waals surface area contributed by atoms with Crippen molar-refractivity contribution in [2.24, 2.45) is 0 Å². The molecule has 1 heterocycles. The number of benzene rings is 2. The van der Waals surface area contributed by atoms with Crippen LogP contribution >= 0.6 is 0 Å². The van der Waals surface area contributed by atoms with E-state index >= 15 is 0 Å². The molecule has 1 aliphatic rings. The molecule has 0 saturated carbocycles. The van der Waals surface area contributed by atoms with E-state index in [1.54, 1.807) is 13.1 Å². The minimum atomic E-state index is -0.650. The number of hydrogen-bond acceptors (Lipinski definition) is 4. The number of likely N-dealkylation sites (N-methyl/N-ethyl adjacent to an activating group) is 1. The number of aryl methyl sites for hydroxylation is 2. The van der Waals surface area contributed by atoms with Gasteiger partial charge in [0.25, 0.3) is 5.91 Å². The molecular weight excluding hydrogens is 330 g/mol. The van der Waals surface area contributed by atoms with Gasteiger partial charge in [-0.25, -0.2) is 0 Å². The van der Waals surface area contributed by atoms with Gasteiger partial charge in [-0.3, -0.25) is 9.59 Å². The SMILES string of the molecule is CNC(=O)[C@H]1CN(CC(=O)Nc2c(C)cccc2C)c2ccccc2O1. The Morgan fingerprint density at radius 3 is 2.50 bits per heavy atom. The van der Waals surface area contributed by atoms with Crippen LogP contribution in [0.2, 0.25) is 0 Å². The third-order valence-electron chi connectivity index (χ3n) is 4.48. The van der Waals surface area contributed by atoms with Gasteiger partial charge in [0.05, 0.1) is 18.8 Å². The summed E-state index contributed by atoms with van der Waals surface area (Å²) in [7, 11) is 1.57. The second-order valence-electron chi connectivity index (χ2n) is 6.38. The van der Waals surface area contributed by atoms with Crippen LogP contribution in [0.1, 0.15) is 11.1 Å². The second kappa shape index (κ2) is 7.47. The Kier molecular flexibility index (Phi) is 5.11. The van der Waals surface area contributed by atoms with Crippen LogP contribution in [0.25, 0.3) is 0 Å². The van der Waals surface area contributed by atoms with Crippen LogP contribution in [0.3, 0.4) is 0 Å². The summed E-state index contributed by atoms with van der Waals surface area (Å²) in [6, 6.07) is 13.3. The summed E-state index contributed by atoms with van der Waals surface area (Å²) in [4.78, 5) is 26.5. The van der Waals surface area contributed by atoms with E-state index in [1.165, 1.54) is 0 Å². The summed E-state index contributed by atoms with van der Waals surface area (Å²) in [5, 5.41) is 5.60. The molecule has 0 fully saturated rings. The largest absolute Gasteiger partial charge is 0.477 e. The highest BCUT2D eigenvalue weighted by Crippen LogP contribution is 2.33. The highest BCUT2D eigenvalue weighted by Gasteiger charge is 2.31. The number of anilines is 2. The van der Waals surface area contributed by atoms with Crippen molar-refractivity contribution in [1.29, 1.82) is 0 Å². The second-order valence-corrected chi connectivity index (χ2v) is 6.38. The standard InChI is InChI=1S/C20H23N3O3/c1-13-7-6-8-14(2)19(13)22-18(24)12-23-11-17(20(25)21-3)26-16-10-5-4-9-15(16)23/h4-10,17H,11-12H2,1-3H3,(H,21,25)(H,22,24)/t17-/m1/s1. The molecule has 0 aromatic heterocycles. The van der Waals surface area contributed by atoms with E-state index in [-0.39, 0.29) is 18.4 Å². The average Bonchev–Trinajstić information content (AvgIpc) is 2.64. The zero-order chi connectivity index (χ0) is 18.7. The number of carbonyl (C=O) groups excluding carboxylic acids is 2. The van der Waals surface area contributed by atoms with E-state index < -0.39 is 6.10 Å². The highest BCUT2D eigenvalue weighted by atomic mass is 16.5. The van der Waals surface area contributed by atoms with Crippen molar-refractivity contribution in [3.8, 4) is 5.75 Å². The molecule has 6 heteroatoms. The van der Waals surface area contributed by atoms with Gasteiger partial charge in [0.2, 0.25) is 5.91 Å². The minimum absolute atomic E-state index is 0.130. The molecule has 136 valence electrons. The van der Waals surface area contributed by atoms with Gasteiger partial charge in [-0.15, -0.1) is 0 Å². The van der Waals surface area contributed by atoms with E-state index in [1.807, 2.05) is 55.1 Å². The number of para-hydroxylation sites is 3. The zero-order valence-corrected chi connectivity index (χ0v) is 15.2. The molecule has 0 unspecified atom stereocenters. The number of rotatable bonds is 4. The summed E-state index contributed by atoms with van der Waals surface area (Å²) in [5.41, 5.74) is 3.68. The lowest BCUT2D eigenvalue weighted by Crippen LogP contribution is -2.50. The fraction of sp³-hybridized carbons (Fsp3) is 0.300. The van der Waals surface area contributed by atoms with Crippen LogP contribution in [-0.2, 0) is 9.59 Å². The van der Waals surface area contributed by atoms with Gasteiger partial charge < -0.3 is 20.3 Å². The molecule has 1 atom stereocenters. The Bertz CT molecular complexity index is 815. The maximum Gasteiger partial charge on any atom is 0.262 e. The lowest BCUT2D eigenvalue weighted by Gasteiger charge is -2.35. The molecule has 0 bridgehead atoms. The summed E-state index contributed by atoms with van der Waals surface area (Å²) < 4.78 is 5.77. The molecule has 0 saturated heterocycles. The number of fused-ring (bicyclic) bond motifs is 1. The number of amides is 2. The fourth-order valence-corrected chi connectivity index (χ4v) is 3.12. The monoisotopic (exact) mass is 353 g/mol. The molecule has 2 aromatic rings. The maximum atomic E-state index is 12.6. The zero-order valence-electron chi connectivity index (χ0n) is 15.2. The van der Waals surface area contributed by atoms with Gasteiger partial charge in [0.1, 0.15) is 5.75 Å². The van der Waals surface area contributed by atoms with Crippen LogP contribution < -0.4 is 20.3 Å². The van der Waals surface area contributed by atoms with E-state index in [2.05, 4.69) is 10.6 Å². The van der Waals surface area contributed by atoms with Crippen LogP contribution in [0, 0.1) is 13.8 Å². The van der Waals surface area contributed by atoms with E-state index in [0.29, 0.717) is 12.3 Å². The molecule has 2 amide bonds. The molecule has 1 aliphatic heterocycles. The number of nitrogens with zero attached hydrogens (tertiary/aromatic N) is 1. The van der Waals surface area contributed by atoms with Gasteiger partial charge in [-0.2, -0.15) is 0 Å². The van der Waals surface area contributed by atoms with Crippen molar-refractivity contribution in [3.05, 3.63) is 53.6 Å². The van der Waals surface area contributed by atoms with Crippen molar-refractivity contribution >= 4 is 23.2 Å². The third kappa shape index (κ3) is 3.64. The van der Waals surface area contributed by atoms with Gasteiger partial charge in [0, 0.05) is 12.7 Å². The molecule has 26 heavy (non-hydrogen) atoms. The first-order valence-electron chi connectivity index (χ1n) is 8.58. The third-order valence-corrected chi connectivity index (χ3v) is 4.48. The fourth-order valence-electron chi connectivity index (χ4n) is 3.12.